The van der Waals surface area contributed by atoms with Gasteiger partial charge in [0.05, 0.1) is 14.6 Å². The maximum Gasteiger partial charge on any atom is 0.354 e. The summed E-state index contributed by atoms with van der Waals surface area (Å²) in [5.41, 5.74) is 2.99. The van der Waals surface area contributed by atoms with Gasteiger partial charge in [0.1, 0.15) is 18.6 Å². The Kier molecular flexibility index (Phi) is 11.4. The molecule has 0 saturated heterocycles. The maximum absolute atomic E-state index is 11.7. The Hall–Kier alpha value is -1.07. The summed E-state index contributed by atoms with van der Waals surface area (Å²) >= 11 is 0. The van der Waals surface area contributed by atoms with Crippen molar-refractivity contribution in [1.82, 2.24) is 0 Å². The molecule has 2 N–H and O–H groups in total. The second kappa shape index (κ2) is 12.7. The smallest absolute Gasteiger partial charge is 0.354 e. The van der Waals surface area contributed by atoms with Crippen LogP contribution < -0.4 is 4.74 Å². The highest BCUT2D eigenvalue weighted by Crippen LogP contribution is 2.83. The first-order valence-electron chi connectivity index (χ1n) is 8.83. The Morgan fingerprint density at radius 3 is 2.53 bits per heavy atom. The van der Waals surface area contributed by atoms with E-state index in [4.69, 9.17) is 20.6 Å². The van der Waals surface area contributed by atoms with E-state index in [0.29, 0.717) is 29.9 Å². The van der Waals surface area contributed by atoms with Gasteiger partial charge in [0.2, 0.25) is 6.75 Å². The highest BCUT2D eigenvalue weighted by molar-refractivity contribution is 8.66. The molecule has 11 heteroatoms. The monoisotopic (exact) mass is 490 g/mol. The van der Waals surface area contributed by atoms with Gasteiger partial charge >= 0.3 is 7.28 Å². The predicted octanol–water partition coefficient (Wildman–Crippen LogP) is 5.30. The molecule has 1 aromatic carbocycles. The number of rotatable bonds is 12. The SMILES string of the molecule is C#Cc1cc(C=O)cc(OC/C(C)=C/CC/C(C)=C/COP(=O)(O)PP(=O)(O)P)c1. The molecule has 4 unspecified atom stereocenters. The van der Waals surface area contributed by atoms with Crippen LogP contribution in [0.4, 0.5) is 0 Å². The minimum Gasteiger partial charge on any atom is -0.489 e. The third-order valence-electron chi connectivity index (χ3n) is 3.68. The number of hydrogen-bond acceptors (Lipinski definition) is 5. The fourth-order valence-corrected chi connectivity index (χ4v) is 12.2. The fourth-order valence-electron chi connectivity index (χ4n) is 2.25. The lowest BCUT2D eigenvalue weighted by Gasteiger charge is -2.12. The van der Waals surface area contributed by atoms with Crippen LogP contribution in [0.15, 0.2) is 41.5 Å². The Morgan fingerprint density at radius 2 is 1.93 bits per heavy atom. The topological polar surface area (TPSA) is 110 Å². The van der Waals surface area contributed by atoms with Crippen molar-refractivity contribution in [2.75, 3.05) is 13.2 Å². The Balaban J connectivity index is 2.47. The van der Waals surface area contributed by atoms with Crippen molar-refractivity contribution < 1.29 is 33.0 Å². The first kappa shape index (κ1) is 27.0. The number of ether oxygens (including phenoxy) is 1. The second-order valence-corrected chi connectivity index (χ2v) is 18.9. The molecule has 0 radical (unpaired) electrons. The number of carbonyl (C=O) groups excluding carboxylic acids is 1. The molecule has 0 bridgehead atoms. The van der Waals surface area contributed by atoms with Gasteiger partial charge in [0.15, 0.2) is 0 Å². The van der Waals surface area contributed by atoms with Crippen LogP contribution >= 0.6 is 30.9 Å². The average molecular weight is 490 g/mol. The van der Waals surface area contributed by atoms with E-state index in [9.17, 15) is 18.8 Å². The van der Waals surface area contributed by atoms with Gasteiger partial charge in [-0.3, -0.25) is 13.9 Å². The van der Waals surface area contributed by atoms with Gasteiger partial charge in [-0.1, -0.05) is 23.6 Å². The number of allylic oxidation sites excluding steroid dienone is 2. The van der Waals surface area contributed by atoms with Crippen molar-refractivity contribution in [2.45, 2.75) is 26.7 Å². The molecule has 1 aromatic rings. The molecule has 0 aromatic heterocycles. The van der Waals surface area contributed by atoms with Gasteiger partial charge in [-0.15, -0.1) is 6.42 Å². The van der Waals surface area contributed by atoms with E-state index < -0.39 is 22.0 Å². The van der Waals surface area contributed by atoms with E-state index in [0.717, 1.165) is 23.9 Å². The molecule has 0 aliphatic carbocycles. The molecule has 0 aliphatic rings. The zero-order valence-corrected chi connectivity index (χ0v) is 20.7. The summed E-state index contributed by atoms with van der Waals surface area (Å²) in [4.78, 5) is 29.7. The molecule has 4 atom stereocenters. The predicted molar refractivity (Wildman–Crippen MR) is 126 cm³/mol. The van der Waals surface area contributed by atoms with Gasteiger partial charge in [0.25, 0.3) is 0 Å². The average Bonchev–Trinajstić information content (AvgIpc) is 2.63. The molecule has 7 nitrogen and oxygen atoms in total. The number of hydrogen-bond donors (Lipinski definition) is 2. The molecule has 0 fully saturated rings. The highest BCUT2D eigenvalue weighted by atomic mass is 32.6. The third kappa shape index (κ3) is 11.9. The van der Waals surface area contributed by atoms with Gasteiger partial charge in [-0.05, 0) is 59.4 Å². The largest absolute Gasteiger partial charge is 0.489 e. The quantitative estimate of drug-likeness (QED) is 0.177. The van der Waals surface area contributed by atoms with Gasteiger partial charge in [0, 0.05) is 11.1 Å². The molecule has 0 saturated carbocycles. The Labute approximate surface area is 181 Å². The molecular formula is C19H26O7P4. The lowest BCUT2D eigenvalue weighted by molar-refractivity contribution is 0.112. The second-order valence-electron chi connectivity index (χ2n) is 6.52. The van der Waals surface area contributed by atoms with E-state index in [1.807, 2.05) is 19.9 Å². The molecule has 0 amide bonds. The fraction of sp³-hybridized carbons (Fsp3) is 0.316. The lowest BCUT2D eigenvalue weighted by atomic mass is 10.1. The summed E-state index contributed by atoms with van der Waals surface area (Å²) < 4.78 is 33.5. The van der Waals surface area contributed by atoms with Crippen molar-refractivity contribution in [3.05, 3.63) is 52.6 Å². The van der Waals surface area contributed by atoms with E-state index >= 15 is 0 Å². The Bertz CT molecular complexity index is 941. The van der Waals surface area contributed by atoms with Crippen molar-refractivity contribution in [3.8, 4) is 18.1 Å². The van der Waals surface area contributed by atoms with Crippen molar-refractivity contribution in [3.63, 3.8) is 0 Å². The first-order chi connectivity index (χ1) is 13.9. The van der Waals surface area contributed by atoms with E-state index in [-0.39, 0.29) is 6.61 Å². The standard InChI is InChI=1S/C19H26O7P4/c1-4-17-10-18(13-20)12-19(11-17)25-14-16(3)7-5-6-15(2)8-9-26-29(21,22)28-30(23,24)27/h1,7-8,10-13,28H,5-6,9,14,27H2,2-3H3,(H,21,22)(H,23,24)/b15-8+,16-7+. The van der Waals surface area contributed by atoms with Crippen molar-refractivity contribution in [2.24, 2.45) is 0 Å². The van der Waals surface area contributed by atoms with Gasteiger partial charge < -0.3 is 19.0 Å². The van der Waals surface area contributed by atoms with Crippen LogP contribution in [0, 0.1) is 12.3 Å². The minimum absolute atomic E-state index is 0.104. The molecule has 1 rings (SSSR count). The van der Waals surface area contributed by atoms with Crippen LogP contribution in [0.2, 0.25) is 0 Å². The molecular weight excluding hydrogens is 464 g/mol. The zero-order chi connectivity index (χ0) is 22.8. The molecule has 0 heterocycles. The van der Waals surface area contributed by atoms with Gasteiger partial charge in [-0.25, -0.2) is 0 Å². The summed E-state index contributed by atoms with van der Waals surface area (Å²) in [6.45, 7) is 0.358. The molecule has 0 aliphatic heterocycles. The maximum atomic E-state index is 11.7. The van der Waals surface area contributed by atoms with E-state index in [1.165, 1.54) is 0 Å². The molecule has 0 spiro atoms. The minimum atomic E-state index is -4.08. The zero-order valence-electron chi connectivity index (χ0n) is 16.8. The number of terminal acetylenes is 1. The first-order valence-corrected chi connectivity index (χ1v) is 16.4. The van der Waals surface area contributed by atoms with Crippen LogP contribution in [-0.2, 0) is 13.7 Å². The van der Waals surface area contributed by atoms with Crippen LogP contribution in [0.25, 0.3) is 0 Å². The summed E-state index contributed by atoms with van der Waals surface area (Å²) in [6.07, 6.45) is 11.2. The van der Waals surface area contributed by atoms with Crippen molar-refractivity contribution >= 4 is 37.2 Å². The summed E-state index contributed by atoms with van der Waals surface area (Å²) in [6, 6.07) is 4.93. The van der Waals surface area contributed by atoms with Crippen LogP contribution in [-0.4, -0.2) is 29.3 Å². The molecule has 30 heavy (non-hydrogen) atoms. The van der Waals surface area contributed by atoms with E-state index in [2.05, 4.69) is 5.92 Å². The number of benzene rings is 1. The van der Waals surface area contributed by atoms with Crippen LogP contribution in [0.1, 0.15) is 42.6 Å². The normalized spacial score (nSPS) is 16.7. The summed E-state index contributed by atoms with van der Waals surface area (Å²) in [5.74, 6) is 3.01. The summed E-state index contributed by atoms with van der Waals surface area (Å²) in [7, 11) is -3.47. The molecule has 164 valence electrons. The highest BCUT2D eigenvalue weighted by Gasteiger charge is 2.28. The Morgan fingerprint density at radius 1 is 1.23 bits per heavy atom. The number of aldehydes is 1. The number of carbonyl (C=O) groups is 1. The van der Waals surface area contributed by atoms with Gasteiger partial charge in [-0.2, -0.15) is 0 Å². The van der Waals surface area contributed by atoms with Crippen LogP contribution in [0.3, 0.4) is 0 Å². The van der Waals surface area contributed by atoms with Crippen molar-refractivity contribution in [1.29, 1.82) is 0 Å². The lowest BCUT2D eigenvalue weighted by Crippen LogP contribution is -2.00. The third-order valence-corrected chi connectivity index (χ3v) is 14.7. The summed E-state index contributed by atoms with van der Waals surface area (Å²) in [5, 5.41) is 0. The van der Waals surface area contributed by atoms with E-state index in [1.54, 1.807) is 33.2 Å². The van der Waals surface area contributed by atoms with Crippen LogP contribution in [0.5, 0.6) is 5.75 Å².